The van der Waals surface area contributed by atoms with Crippen LogP contribution in [0.4, 0.5) is 10.2 Å². The lowest BCUT2D eigenvalue weighted by molar-refractivity contribution is 0.223. The third-order valence-electron chi connectivity index (χ3n) is 4.74. The molecule has 0 spiro atoms. The van der Waals surface area contributed by atoms with Gasteiger partial charge in [0.2, 0.25) is 0 Å². The van der Waals surface area contributed by atoms with Gasteiger partial charge in [-0.2, -0.15) is 0 Å². The molecule has 2 aromatic rings. The molecule has 7 heteroatoms. The molecule has 1 unspecified atom stereocenters. The normalized spacial score (nSPS) is 16.5. The number of aliphatic imine (C=N–C) groups is 1. The quantitative estimate of drug-likeness (QED) is 0.591. The summed E-state index contributed by atoms with van der Waals surface area (Å²) in [5.41, 5.74) is 0. The molecule has 28 heavy (non-hydrogen) atoms. The van der Waals surface area contributed by atoms with Gasteiger partial charge in [0, 0.05) is 32.4 Å². The summed E-state index contributed by atoms with van der Waals surface area (Å²) in [5.74, 6) is 2.19. The predicted octanol–water partition coefficient (Wildman–Crippen LogP) is 2.82. The first-order valence-corrected chi connectivity index (χ1v) is 9.69. The molecule has 1 aromatic heterocycles. The highest BCUT2D eigenvalue weighted by atomic mass is 19.1. The highest BCUT2D eigenvalue weighted by Crippen LogP contribution is 2.17. The molecule has 0 radical (unpaired) electrons. The van der Waals surface area contributed by atoms with Crippen LogP contribution < -0.4 is 20.3 Å². The molecule has 1 atom stereocenters. The minimum atomic E-state index is -0.267. The number of guanidine groups is 1. The summed E-state index contributed by atoms with van der Waals surface area (Å²) in [4.78, 5) is 11.1. The number of anilines is 1. The molecule has 6 nitrogen and oxygen atoms in total. The smallest absolute Gasteiger partial charge is 0.191 e. The fourth-order valence-electron chi connectivity index (χ4n) is 3.21. The van der Waals surface area contributed by atoms with E-state index < -0.39 is 0 Å². The lowest BCUT2D eigenvalue weighted by Gasteiger charge is -2.33. The minimum Gasteiger partial charge on any atom is -0.489 e. The van der Waals surface area contributed by atoms with Crippen LogP contribution >= 0.6 is 0 Å². The van der Waals surface area contributed by atoms with Crippen molar-refractivity contribution >= 4 is 11.8 Å². The third kappa shape index (κ3) is 5.84. The molecule has 0 saturated carbocycles. The average molecular weight is 385 g/mol. The van der Waals surface area contributed by atoms with Crippen LogP contribution in [0.15, 0.2) is 53.7 Å². The van der Waals surface area contributed by atoms with Crippen molar-refractivity contribution in [3.63, 3.8) is 0 Å². The predicted molar refractivity (Wildman–Crippen MR) is 110 cm³/mol. The van der Waals surface area contributed by atoms with Crippen LogP contribution in [0, 0.1) is 5.82 Å². The first-order chi connectivity index (χ1) is 13.6. The van der Waals surface area contributed by atoms with Crippen LogP contribution in [-0.2, 0) is 0 Å². The van der Waals surface area contributed by atoms with Gasteiger partial charge < -0.3 is 20.3 Å². The van der Waals surface area contributed by atoms with Crippen molar-refractivity contribution < 1.29 is 9.13 Å². The summed E-state index contributed by atoms with van der Waals surface area (Å²) in [6, 6.07) is 12.4. The lowest BCUT2D eigenvalue weighted by Crippen LogP contribution is -2.50. The fourth-order valence-corrected chi connectivity index (χ4v) is 3.21. The van der Waals surface area contributed by atoms with Gasteiger partial charge in [-0.15, -0.1) is 0 Å². The molecule has 3 rings (SSSR count). The largest absolute Gasteiger partial charge is 0.489 e. The number of nitrogens with zero attached hydrogens (tertiary/aromatic N) is 3. The van der Waals surface area contributed by atoms with Crippen LogP contribution in [0.25, 0.3) is 0 Å². The molecule has 2 heterocycles. The zero-order valence-electron chi connectivity index (χ0n) is 16.4. The van der Waals surface area contributed by atoms with E-state index >= 15 is 0 Å². The van der Waals surface area contributed by atoms with Crippen LogP contribution in [-0.4, -0.2) is 49.8 Å². The maximum atomic E-state index is 13.0. The van der Waals surface area contributed by atoms with Gasteiger partial charge in [-0.05, 0) is 56.2 Å². The maximum Gasteiger partial charge on any atom is 0.191 e. The van der Waals surface area contributed by atoms with Crippen molar-refractivity contribution in [2.45, 2.75) is 31.9 Å². The first-order valence-electron chi connectivity index (χ1n) is 9.69. The van der Waals surface area contributed by atoms with E-state index in [9.17, 15) is 4.39 Å². The molecule has 2 N–H and O–H groups in total. The molecule has 0 amide bonds. The first kappa shape index (κ1) is 19.9. The van der Waals surface area contributed by atoms with E-state index in [0.717, 1.165) is 37.7 Å². The Balaban J connectivity index is 1.40. The monoisotopic (exact) mass is 385 g/mol. The van der Waals surface area contributed by atoms with Gasteiger partial charge in [0.05, 0.1) is 6.54 Å². The number of rotatable bonds is 6. The summed E-state index contributed by atoms with van der Waals surface area (Å²) in [5, 5.41) is 6.80. The molecule has 1 aromatic carbocycles. The molecule has 0 bridgehead atoms. The van der Waals surface area contributed by atoms with E-state index in [1.807, 2.05) is 25.3 Å². The van der Waals surface area contributed by atoms with Gasteiger partial charge in [0.25, 0.3) is 0 Å². The molecule has 1 aliphatic rings. The molecular formula is C21H28FN5O. The number of pyridine rings is 1. The Morgan fingerprint density at radius 1 is 1.25 bits per heavy atom. The minimum absolute atomic E-state index is 0.0741. The second kappa shape index (κ2) is 9.92. The van der Waals surface area contributed by atoms with E-state index in [1.165, 1.54) is 12.1 Å². The number of ether oxygens (including phenoxy) is 1. The molecular weight excluding hydrogens is 357 g/mol. The SMILES string of the molecule is CN=C(NCC(C)Oc1ccc(F)cc1)NC1CCN(c2ccccn2)CC1. The fraction of sp³-hybridized carbons (Fsp3) is 0.429. The zero-order valence-corrected chi connectivity index (χ0v) is 16.4. The van der Waals surface area contributed by atoms with Crippen LogP contribution in [0.5, 0.6) is 5.75 Å². The van der Waals surface area contributed by atoms with E-state index in [0.29, 0.717) is 18.3 Å². The standard InChI is InChI=1S/C21H28FN5O/c1-16(28-19-8-6-17(22)7-9-19)15-25-21(23-2)26-18-10-13-27(14-11-18)20-5-3-4-12-24-20/h3-9,12,16,18H,10-11,13-15H2,1-2H3,(H2,23,25,26). The van der Waals surface area contributed by atoms with Gasteiger partial charge in [-0.25, -0.2) is 9.37 Å². The Hall–Kier alpha value is -2.83. The second-order valence-corrected chi connectivity index (χ2v) is 6.93. The van der Waals surface area contributed by atoms with E-state index in [4.69, 9.17) is 4.74 Å². The summed E-state index contributed by atoms with van der Waals surface area (Å²) >= 11 is 0. The van der Waals surface area contributed by atoms with Crippen molar-refractivity contribution in [3.8, 4) is 5.75 Å². The molecule has 1 fully saturated rings. The summed E-state index contributed by atoms with van der Waals surface area (Å²) in [6.45, 7) is 4.50. The summed E-state index contributed by atoms with van der Waals surface area (Å²) in [6.07, 6.45) is 3.81. The average Bonchev–Trinajstić information content (AvgIpc) is 2.74. The van der Waals surface area contributed by atoms with E-state index in [1.54, 1.807) is 19.2 Å². The highest BCUT2D eigenvalue weighted by molar-refractivity contribution is 5.80. The van der Waals surface area contributed by atoms with Gasteiger partial charge >= 0.3 is 0 Å². The third-order valence-corrected chi connectivity index (χ3v) is 4.74. The Morgan fingerprint density at radius 2 is 2.00 bits per heavy atom. The van der Waals surface area contributed by atoms with Gasteiger partial charge in [-0.3, -0.25) is 4.99 Å². The zero-order chi connectivity index (χ0) is 19.8. The Bertz CT molecular complexity index is 745. The van der Waals surface area contributed by atoms with Gasteiger partial charge in [0.1, 0.15) is 23.5 Å². The molecule has 1 saturated heterocycles. The van der Waals surface area contributed by atoms with Crippen molar-refractivity contribution in [2.75, 3.05) is 31.6 Å². The van der Waals surface area contributed by atoms with Gasteiger partial charge in [-0.1, -0.05) is 6.07 Å². The molecule has 0 aliphatic carbocycles. The Kier molecular flexibility index (Phi) is 7.06. The van der Waals surface area contributed by atoms with Crippen molar-refractivity contribution in [3.05, 3.63) is 54.5 Å². The summed E-state index contributed by atoms with van der Waals surface area (Å²) < 4.78 is 18.8. The van der Waals surface area contributed by atoms with Crippen LogP contribution in [0.3, 0.4) is 0 Å². The number of aromatic nitrogens is 1. The molecule has 150 valence electrons. The van der Waals surface area contributed by atoms with E-state index in [-0.39, 0.29) is 11.9 Å². The number of hydrogen-bond acceptors (Lipinski definition) is 4. The van der Waals surface area contributed by atoms with Crippen LogP contribution in [0.2, 0.25) is 0 Å². The number of halogens is 1. The number of nitrogens with one attached hydrogen (secondary N) is 2. The summed E-state index contributed by atoms with van der Waals surface area (Å²) in [7, 11) is 1.77. The Morgan fingerprint density at radius 3 is 2.64 bits per heavy atom. The van der Waals surface area contributed by atoms with E-state index in [2.05, 4.69) is 31.6 Å². The van der Waals surface area contributed by atoms with Crippen molar-refractivity contribution in [2.24, 2.45) is 4.99 Å². The Labute approximate surface area is 165 Å². The molecule has 1 aliphatic heterocycles. The highest BCUT2D eigenvalue weighted by Gasteiger charge is 2.20. The lowest BCUT2D eigenvalue weighted by atomic mass is 10.1. The number of benzene rings is 1. The number of hydrogen-bond donors (Lipinski definition) is 2. The van der Waals surface area contributed by atoms with Crippen LogP contribution in [0.1, 0.15) is 19.8 Å². The maximum absolute atomic E-state index is 13.0. The van der Waals surface area contributed by atoms with Gasteiger partial charge in [0.15, 0.2) is 5.96 Å². The second-order valence-electron chi connectivity index (χ2n) is 6.93. The topological polar surface area (TPSA) is 61.8 Å². The van der Waals surface area contributed by atoms with Crippen molar-refractivity contribution in [1.29, 1.82) is 0 Å². The van der Waals surface area contributed by atoms with Crippen molar-refractivity contribution in [1.82, 2.24) is 15.6 Å². The number of piperidine rings is 1.